The molecule has 1 N–H and O–H groups in total. The van der Waals surface area contributed by atoms with Gasteiger partial charge in [-0.15, -0.1) is 0 Å². The van der Waals surface area contributed by atoms with E-state index in [1.807, 2.05) is 84.9 Å². The van der Waals surface area contributed by atoms with Crippen LogP contribution in [0.25, 0.3) is 21.5 Å². The van der Waals surface area contributed by atoms with Crippen molar-refractivity contribution in [2.75, 3.05) is 0 Å². The van der Waals surface area contributed by atoms with Gasteiger partial charge in [-0.3, -0.25) is 4.79 Å². The molecule has 0 amide bonds. The van der Waals surface area contributed by atoms with Gasteiger partial charge in [-0.05, 0) is 32.7 Å². The van der Waals surface area contributed by atoms with Gasteiger partial charge in [-0.1, -0.05) is 84.9 Å². The first-order valence-corrected chi connectivity index (χ1v) is 9.46. The number of fused-ring (bicyclic) bond motifs is 2. The van der Waals surface area contributed by atoms with Crippen LogP contribution in [0.3, 0.4) is 0 Å². The Kier molecular flexibility index (Phi) is 5.25. The number of esters is 1. The second-order valence-electron chi connectivity index (χ2n) is 7.06. The molecule has 4 rings (SSSR count). The first-order valence-electron chi connectivity index (χ1n) is 9.46. The van der Waals surface area contributed by atoms with Crippen molar-refractivity contribution in [3.63, 3.8) is 0 Å². The average molecular weight is 384 g/mol. The fourth-order valence-corrected chi connectivity index (χ4v) is 3.47. The first kappa shape index (κ1) is 18.7. The minimum atomic E-state index is -1.22. The summed E-state index contributed by atoms with van der Waals surface area (Å²) < 4.78 is 5.31. The SMILES string of the molecule is O=C(Cc1ccc2ccccc2c1)O[C@H](Cc1ccc2ccccc2c1)C(=O)O. The monoisotopic (exact) mass is 384 g/mol. The van der Waals surface area contributed by atoms with Crippen molar-refractivity contribution >= 4 is 33.5 Å². The predicted octanol–water partition coefficient (Wildman–Crippen LogP) is 4.77. The molecule has 0 bridgehead atoms. The summed E-state index contributed by atoms with van der Waals surface area (Å²) in [4.78, 5) is 24.0. The Balaban J connectivity index is 1.46. The number of carbonyl (C=O) groups is 2. The van der Waals surface area contributed by atoms with Gasteiger partial charge in [0.05, 0.1) is 6.42 Å². The van der Waals surface area contributed by atoms with Crippen molar-refractivity contribution in [3.05, 3.63) is 96.1 Å². The number of aliphatic carboxylic acids is 1. The largest absolute Gasteiger partial charge is 0.478 e. The number of carboxylic acid groups (broad SMARTS) is 1. The normalized spacial score (nSPS) is 12.0. The van der Waals surface area contributed by atoms with Crippen LogP contribution in [0.4, 0.5) is 0 Å². The second-order valence-corrected chi connectivity index (χ2v) is 7.06. The van der Waals surface area contributed by atoms with Crippen LogP contribution in [0.2, 0.25) is 0 Å². The van der Waals surface area contributed by atoms with Gasteiger partial charge in [0, 0.05) is 6.42 Å². The maximum Gasteiger partial charge on any atom is 0.345 e. The molecule has 0 aliphatic heterocycles. The van der Waals surface area contributed by atoms with E-state index in [0.717, 1.165) is 32.7 Å². The van der Waals surface area contributed by atoms with Gasteiger partial charge in [-0.25, -0.2) is 4.79 Å². The number of hydrogen-bond acceptors (Lipinski definition) is 3. The second kappa shape index (κ2) is 8.15. The van der Waals surface area contributed by atoms with Crippen LogP contribution in [0.5, 0.6) is 0 Å². The standard InChI is InChI=1S/C25H20O4/c26-24(16-18-10-12-20-6-2-4-8-22(20)14-18)29-23(25(27)28)15-17-9-11-19-5-1-3-7-21(19)13-17/h1-14,23H,15-16H2,(H,27,28)/t23-/m1/s1. The van der Waals surface area contributed by atoms with E-state index in [4.69, 9.17) is 4.74 Å². The van der Waals surface area contributed by atoms with Gasteiger partial charge in [0.2, 0.25) is 6.10 Å². The molecule has 0 heterocycles. The minimum Gasteiger partial charge on any atom is -0.478 e. The van der Waals surface area contributed by atoms with Crippen molar-refractivity contribution in [2.45, 2.75) is 18.9 Å². The summed E-state index contributed by atoms with van der Waals surface area (Å²) in [6, 6.07) is 27.2. The molecule has 1 atom stereocenters. The molecule has 29 heavy (non-hydrogen) atoms. The number of carboxylic acids is 1. The Morgan fingerprint density at radius 1 is 0.724 bits per heavy atom. The van der Waals surface area contributed by atoms with Gasteiger partial charge in [0.15, 0.2) is 0 Å². The fourth-order valence-electron chi connectivity index (χ4n) is 3.47. The summed E-state index contributed by atoms with van der Waals surface area (Å²) in [6.07, 6.45) is -1.06. The van der Waals surface area contributed by atoms with E-state index < -0.39 is 18.0 Å². The van der Waals surface area contributed by atoms with Gasteiger partial charge >= 0.3 is 11.9 Å². The highest BCUT2D eigenvalue weighted by Gasteiger charge is 2.23. The van der Waals surface area contributed by atoms with Crippen molar-refractivity contribution in [1.82, 2.24) is 0 Å². The van der Waals surface area contributed by atoms with E-state index >= 15 is 0 Å². The lowest BCUT2D eigenvalue weighted by Crippen LogP contribution is -2.29. The average Bonchev–Trinajstić information content (AvgIpc) is 2.73. The summed E-state index contributed by atoms with van der Waals surface area (Å²) in [7, 11) is 0. The quantitative estimate of drug-likeness (QED) is 0.486. The highest BCUT2D eigenvalue weighted by Crippen LogP contribution is 2.19. The Morgan fingerprint density at radius 2 is 1.24 bits per heavy atom. The Labute approximate surface area is 168 Å². The zero-order valence-corrected chi connectivity index (χ0v) is 15.7. The molecule has 4 heteroatoms. The molecule has 0 unspecified atom stereocenters. The van der Waals surface area contributed by atoms with Crippen LogP contribution in [0, 0.1) is 0 Å². The van der Waals surface area contributed by atoms with Gasteiger partial charge < -0.3 is 9.84 Å². The molecule has 4 nitrogen and oxygen atoms in total. The van der Waals surface area contributed by atoms with Crippen LogP contribution in [-0.4, -0.2) is 23.1 Å². The highest BCUT2D eigenvalue weighted by atomic mass is 16.6. The van der Waals surface area contributed by atoms with E-state index in [2.05, 4.69) is 0 Å². The molecule has 0 aliphatic rings. The maximum absolute atomic E-state index is 12.4. The number of hydrogen-bond donors (Lipinski definition) is 1. The summed E-state index contributed by atoms with van der Waals surface area (Å²) >= 11 is 0. The van der Waals surface area contributed by atoms with E-state index in [1.165, 1.54) is 0 Å². The Hall–Kier alpha value is -3.66. The van der Waals surface area contributed by atoms with Crippen LogP contribution in [0.1, 0.15) is 11.1 Å². The fraction of sp³-hybridized carbons (Fsp3) is 0.120. The zero-order chi connectivity index (χ0) is 20.2. The van der Waals surface area contributed by atoms with Gasteiger partial charge in [-0.2, -0.15) is 0 Å². The van der Waals surface area contributed by atoms with Crippen LogP contribution in [0.15, 0.2) is 84.9 Å². The lowest BCUT2D eigenvalue weighted by Gasteiger charge is -2.14. The molecule has 0 aliphatic carbocycles. The number of benzene rings is 4. The molecule has 0 saturated heterocycles. The lowest BCUT2D eigenvalue weighted by atomic mass is 10.0. The molecule has 144 valence electrons. The van der Waals surface area contributed by atoms with E-state index in [0.29, 0.717) is 0 Å². The zero-order valence-electron chi connectivity index (χ0n) is 15.7. The van der Waals surface area contributed by atoms with E-state index in [-0.39, 0.29) is 12.8 Å². The number of rotatable bonds is 6. The number of ether oxygens (including phenoxy) is 1. The molecule has 0 spiro atoms. The molecule has 0 aromatic heterocycles. The third-order valence-corrected chi connectivity index (χ3v) is 4.95. The molecule has 0 radical (unpaired) electrons. The summed E-state index contributed by atoms with van der Waals surface area (Å²) in [6.45, 7) is 0. The van der Waals surface area contributed by atoms with Crippen molar-refractivity contribution in [2.24, 2.45) is 0 Å². The topological polar surface area (TPSA) is 63.6 Å². The van der Waals surface area contributed by atoms with Crippen LogP contribution >= 0.6 is 0 Å². The summed E-state index contributed by atoms with van der Waals surface area (Å²) in [5.41, 5.74) is 1.61. The third kappa shape index (κ3) is 4.43. The van der Waals surface area contributed by atoms with Crippen LogP contribution < -0.4 is 0 Å². The van der Waals surface area contributed by atoms with Gasteiger partial charge in [0.25, 0.3) is 0 Å². The summed E-state index contributed by atoms with van der Waals surface area (Å²) in [5, 5.41) is 13.8. The predicted molar refractivity (Wildman–Crippen MR) is 113 cm³/mol. The minimum absolute atomic E-state index is 0.0341. The van der Waals surface area contributed by atoms with E-state index in [9.17, 15) is 14.7 Å². The first-order chi connectivity index (χ1) is 14.1. The Bertz CT molecular complexity index is 1200. The van der Waals surface area contributed by atoms with Crippen LogP contribution in [-0.2, 0) is 27.2 Å². The molecule has 0 fully saturated rings. The van der Waals surface area contributed by atoms with E-state index in [1.54, 1.807) is 0 Å². The van der Waals surface area contributed by atoms with Crippen molar-refractivity contribution in [3.8, 4) is 0 Å². The molecule has 4 aromatic carbocycles. The number of carbonyl (C=O) groups excluding carboxylic acids is 1. The molecular formula is C25H20O4. The third-order valence-electron chi connectivity index (χ3n) is 4.95. The van der Waals surface area contributed by atoms with Crippen molar-refractivity contribution in [1.29, 1.82) is 0 Å². The Morgan fingerprint density at radius 3 is 1.83 bits per heavy atom. The smallest absolute Gasteiger partial charge is 0.345 e. The molecule has 0 saturated carbocycles. The summed E-state index contributed by atoms with van der Waals surface area (Å²) in [5.74, 6) is -1.70. The van der Waals surface area contributed by atoms with Gasteiger partial charge in [0.1, 0.15) is 0 Å². The highest BCUT2D eigenvalue weighted by molar-refractivity contribution is 5.85. The van der Waals surface area contributed by atoms with Crippen molar-refractivity contribution < 1.29 is 19.4 Å². The molecule has 4 aromatic rings. The lowest BCUT2D eigenvalue weighted by molar-refractivity contribution is -0.163. The maximum atomic E-state index is 12.4. The molecular weight excluding hydrogens is 364 g/mol.